The van der Waals surface area contributed by atoms with E-state index in [1.165, 1.54) is 11.4 Å². The van der Waals surface area contributed by atoms with Gasteiger partial charge in [-0.3, -0.25) is 9.59 Å². The maximum Gasteiger partial charge on any atom is 0.185 e. The summed E-state index contributed by atoms with van der Waals surface area (Å²) in [5.41, 5.74) is 13.0. The Labute approximate surface area is 342 Å². The Hall–Kier alpha value is -5.62. The normalized spacial score (nSPS) is 16.9. The highest BCUT2D eigenvalue weighted by molar-refractivity contribution is 6.14. The highest BCUT2D eigenvalue weighted by Gasteiger charge is 2.23. The zero-order valence-corrected chi connectivity index (χ0v) is 35.5. The second-order valence-electron chi connectivity index (χ2n) is 15.2. The van der Waals surface area contributed by atoms with Crippen LogP contribution in [0.25, 0.3) is 24.3 Å². The van der Waals surface area contributed by atoms with Crippen LogP contribution in [0.4, 0.5) is 22.7 Å². The summed E-state index contributed by atoms with van der Waals surface area (Å²) in [5.74, 6) is 0.434. The van der Waals surface area contributed by atoms with Crippen LogP contribution in [0.3, 0.4) is 0 Å². The van der Waals surface area contributed by atoms with Crippen molar-refractivity contribution in [2.75, 3.05) is 74.0 Å². The Balaban J connectivity index is 0.000000219. The number of hydrogen-bond acceptors (Lipinski definition) is 6. The lowest BCUT2D eigenvalue weighted by atomic mass is 9.87. The zero-order chi connectivity index (χ0) is 40.9. The Morgan fingerprint density at radius 1 is 0.421 bits per heavy atom. The summed E-state index contributed by atoms with van der Waals surface area (Å²) in [6, 6.07) is 33.8. The third-order valence-electron chi connectivity index (χ3n) is 10.9. The molecule has 4 aromatic rings. The molecule has 0 unspecified atom stereocenters. The molecule has 2 fully saturated rings. The Kier molecular flexibility index (Phi) is 15.3. The van der Waals surface area contributed by atoms with Crippen molar-refractivity contribution in [1.82, 2.24) is 0 Å². The van der Waals surface area contributed by atoms with Gasteiger partial charge >= 0.3 is 0 Å². The van der Waals surface area contributed by atoms with E-state index in [9.17, 15) is 9.59 Å². The average Bonchev–Trinajstić information content (AvgIpc) is 3.56. The number of Topliss-reactive ketones (excluding diaryl/α,β-unsaturated/α-hetero) is 2. The first-order chi connectivity index (χ1) is 27.5. The molecule has 0 aromatic heterocycles. The van der Waals surface area contributed by atoms with Crippen molar-refractivity contribution in [1.29, 1.82) is 0 Å². The third kappa shape index (κ3) is 11.5. The largest absolute Gasteiger partial charge is 0.378 e. The van der Waals surface area contributed by atoms with E-state index in [1.54, 1.807) is 0 Å². The van der Waals surface area contributed by atoms with Crippen LogP contribution in [0, 0.1) is 0 Å². The Morgan fingerprint density at radius 3 is 1.11 bits per heavy atom. The molecule has 0 amide bonds. The highest BCUT2D eigenvalue weighted by atomic mass is 16.1. The lowest BCUT2D eigenvalue weighted by molar-refractivity contribution is -0.114. The summed E-state index contributed by atoms with van der Waals surface area (Å²) in [6.45, 7) is 12.7. The molecule has 2 aliphatic carbocycles. The first-order valence-electron chi connectivity index (χ1n) is 20.7. The van der Waals surface area contributed by atoms with E-state index in [2.05, 4.69) is 157 Å². The molecule has 6 heteroatoms. The molecule has 2 saturated carbocycles. The second-order valence-corrected chi connectivity index (χ2v) is 15.2. The number of rotatable bonds is 12. The van der Waals surface area contributed by atoms with Crippen LogP contribution in [0.2, 0.25) is 0 Å². The fourth-order valence-electron chi connectivity index (χ4n) is 7.45. The number of carbonyl (C=O) groups excluding carboxylic acids is 2. The molecule has 6 nitrogen and oxygen atoms in total. The van der Waals surface area contributed by atoms with Gasteiger partial charge in [0.2, 0.25) is 0 Å². The molecule has 57 heavy (non-hydrogen) atoms. The maximum atomic E-state index is 12.9. The molecule has 0 spiro atoms. The molecule has 4 aromatic carbocycles. The highest BCUT2D eigenvalue weighted by Crippen LogP contribution is 2.32. The van der Waals surface area contributed by atoms with Crippen LogP contribution in [0.5, 0.6) is 0 Å². The fraction of sp³-hybridized carbons (Fsp3) is 0.333. The van der Waals surface area contributed by atoms with Crippen molar-refractivity contribution in [2.24, 2.45) is 0 Å². The molecule has 0 bridgehead atoms. The number of benzene rings is 4. The smallest absolute Gasteiger partial charge is 0.185 e. The molecule has 0 radical (unpaired) electrons. The van der Waals surface area contributed by atoms with E-state index >= 15 is 0 Å². The van der Waals surface area contributed by atoms with Gasteiger partial charge in [0.05, 0.1) is 0 Å². The van der Waals surface area contributed by atoms with Crippen LogP contribution in [-0.4, -0.2) is 65.9 Å². The number of hydrogen-bond donors (Lipinski definition) is 0. The second kappa shape index (κ2) is 20.5. The number of allylic oxidation sites excluding steroid dienone is 4. The Morgan fingerprint density at radius 2 is 0.754 bits per heavy atom. The predicted octanol–water partition coefficient (Wildman–Crippen LogP) is 11.2. The molecule has 0 saturated heterocycles. The van der Waals surface area contributed by atoms with Gasteiger partial charge in [-0.25, -0.2) is 0 Å². The van der Waals surface area contributed by atoms with Crippen molar-refractivity contribution in [3.63, 3.8) is 0 Å². The first kappa shape index (κ1) is 42.5. The van der Waals surface area contributed by atoms with Gasteiger partial charge in [0.15, 0.2) is 11.6 Å². The zero-order valence-electron chi connectivity index (χ0n) is 35.5. The van der Waals surface area contributed by atoms with Crippen LogP contribution in [0.1, 0.15) is 82.1 Å². The molecular formula is C51H62N4O2. The molecule has 0 atom stereocenters. The SMILES string of the molecule is CCN(CC)c1ccc(C=C2CCC(=O)C2=Cc2ccc(N(CC)CC)cc2)cc1.CN(C)c1ccc(C=C2CCCC(=Cc3ccc(N(C)C)cc3)C2=O)cc1. The quantitative estimate of drug-likeness (QED) is 0.134. The minimum absolute atomic E-state index is 0.189. The van der Waals surface area contributed by atoms with Crippen LogP contribution in [0.15, 0.2) is 119 Å². The number of carbonyl (C=O) groups is 2. The molecule has 298 valence electrons. The van der Waals surface area contributed by atoms with Crippen LogP contribution in [-0.2, 0) is 9.59 Å². The van der Waals surface area contributed by atoms with E-state index < -0.39 is 0 Å². The van der Waals surface area contributed by atoms with Crippen molar-refractivity contribution in [3.8, 4) is 0 Å². The molecule has 0 heterocycles. The molecule has 2 aliphatic rings. The van der Waals surface area contributed by atoms with Gasteiger partial charge in [-0.2, -0.15) is 0 Å². The van der Waals surface area contributed by atoms with Gasteiger partial charge in [0.1, 0.15) is 0 Å². The minimum Gasteiger partial charge on any atom is -0.378 e. The summed E-state index contributed by atoms with van der Waals surface area (Å²) >= 11 is 0. The van der Waals surface area contributed by atoms with E-state index in [0.717, 1.165) is 108 Å². The Bertz CT molecular complexity index is 1990. The fourth-order valence-corrected chi connectivity index (χ4v) is 7.45. The van der Waals surface area contributed by atoms with Gasteiger partial charge in [0, 0.05) is 100 Å². The minimum atomic E-state index is 0.189. The van der Waals surface area contributed by atoms with E-state index in [-0.39, 0.29) is 11.6 Å². The average molecular weight is 763 g/mol. The van der Waals surface area contributed by atoms with Gasteiger partial charge in [-0.15, -0.1) is 0 Å². The summed E-state index contributed by atoms with van der Waals surface area (Å²) in [7, 11) is 8.11. The summed E-state index contributed by atoms with van der Waals surface area (Å²) < 4.78 is 0. The van der Waals surface area contributed by atoms with Crippen LogP contribution < -0.4 is 19.6 Å². The monoisotopic (exact) mass is 762 g/mol. The van der Waals surface area contributed by atoms with E-state index in [4.69, 9.17) is 0 Å². The lowest BCUT2D eigenvalue weighted by Gasteiger charge is -2.21. The van der Waals surface area contributed by atoms with Gasteiger partial charge in [-0.05, 0) is 148 Å². The van der Waals surface area contributed by atoms with E-state index in [0.29, 0.717) is 6.42 Å². The van der Waals surface area contributed by atoms with Crippen molar-refractivity contribution >= 4 is 58.6 Å². The van der Waals surface area contributed by atoms with Gasteiger partial charge in [-0.1, -0.05) is 54.6 Å². The summed E-state index contributed by atoms with van der Waals surface area (Å²) in [5, 5.41) is 0. The standard InChI is InChI=1S/C27H34N2O.C24H28N2O/c1-5-28(6-2)24-14-9-21(10-15-24)19-23-13-18-27(30)26(23)20-22-11-16-25(17-12-22)29(7-3)8-4;1-25(2)22-12-8-18(9-13-22)16-20-6-5-7-21(24(20)27)17-19-10-14-23(15-11-19)26(3)4/h9-12,14-17,19-20H,5-8,13,18H2,1-4H3;8-17H,5-7H2,1-4H3. The van der Waals surface area contributed by atoms with Crippen molar-refractivity contribution < 1.29 is 9.59 Å². The summed E-state index contributed by atoms with van der Waals surface area (Å²) in [4.78, 5) is 34.3. The molecule has 0 N–H and O–H groups in total. The lowest BCUT2D eigenvalue weighted by Crippen LogP contribution is -2.21. The van der Waals surface area contributed by atoms with Crippen molar-refractivity contribution in [2.45, 2.75) is 59.8 Å². The van der Waals surface area contributed by atoms with Crippen molar-refractivity contribution in [3.05, 3.63) is 142 Å². The van der Waals surface area contributed by atoms with Crippen LogP contribution >= 0.6 is 0 Å². The number of anilines is 4. The maximum absolute atomic E-state index is 12.9. The first-order valence-corrected chi connectivity index (χ1v) is 20.7. The number of ketones is 2. The predicted molar refractivity (Wildman–Crippen MR) is 247 cm³/mol. The van der Waals surface area contributed by atoms with E-state index in [1.807, 2.05) is 40.3 Å². The molecule has 6 rings (SSSR count). The molecule has 0 aliphatic heterocycles. The topological polar surface area (TPSA) is 47.1 Å². The third-order valence-corrected chi connectivity index (χ3v) is 10.9. The molecular weight excluding hydrogens is 701 g/mol. The summed E-state index contributed by atoms with van der Waals surface area (Å²) in [6.07, 6.45) is 12.5. The number of nitrogens with zero attached hydrogens (tertiary/aromatic N) is 4. The van der Waals surface area contributed by atoms with Gasteiger partial charge in [0.25, 0.3) is 0 Å². The van der Waals surface area contributed by atoms with Gasteiger partial charge < -0.3 is 19.6 Å².